The first-order valence-corrected chi connectivity index (χ1v) is 24.6. The van der Waals surface area contributed by atoms with Crippen LogP contribution in [0.4, 0.5) is 0 Å². The van der Waals surface area contributed by atoms with Gasteiger partial charge in [0.15, 0.2) is 0 Å². The molecule has 0 radical (unpaired) electrons. The van der Waals surface area contributed by atoms with Gasteiger partial charge in [-0.15, -0.1) is 0 Å². The Balaban J connectivity index is 3.44. The number of unbranched alkanes of at least 4 members (excludes halogenated alkanes) is 30. The second-order valence-electron chi connectivity index (χ2n) is 16.8. The molecule has 6 heteroatoms. The van der Waals surface area contributed by atoms with Gasteiger partial charge in [0.25, 0.3) is 0 Å². The predicted molar refractivity (Wildman–Crippen MR) is 241 cm³/mol. The number of aliphatic hydroxyl groups excluding tert-OH is 2. The van der Waals surface area contributed by atoms with Crippen molar-refractivity contribution in [3.05, 3.63) is 24.3 Å². The lowest BCUT2D eigenvalue weighted by Gasteiger charge is -2.22. The Morgan fingerprint density at radius 2 is 0.893 bits per heavy atom. The number of carbonyl (C=O) groups excluding carboxylic acids is 2. The second-order valence-corrected chi connectivity index (χ2v) is 16.8. The van der Waals surface area contributed by atoms with Gasteiger partial charge in [-0.3, -0.25) is 9.59 Å². The van der Waals surface area contributed by atoms with Gasteiger partial charge >= 0.3 is 5.97 Å². The lowest BCUT2D eigenvalue weighted by atomic mass is 10.0. The number of amides is 1. The zero-order valence-electron chi connectivity index (χ0n) is 37.4. The summed E-state index contributed by atoms with van der Waals surface area (Å²) in [5.41, 5.74) is 0. The molecule has 0 bridgehead atoms. The van der Waals surface area contributed by atoms with Crippen LogP contribution in [0.3, 0.4) is 0 Å². The second kappa shape index (κ2) is 46.0. The monoisotopic (exact) mass is 790 g/mol. The first-order valence-electron chi connectivity index (χ1n) is 24.6. The standard InChI is InChI=1S/C50H95NO5/c1-3-5-7-9-11-13-15-16-17-18-19-20-24-28-32-36-40-44-50(55)56-45-41-37-33-29-25-22-21-23-27-31-35-39-43-49(54)51-47(46-52)48(53)42-38-34-30-26-14-12-10-8-6-4-2/h11,13,16-17,47-48,52-53H,3-10,12,14-15,18-46H2,1-2H3,(H,51,54)/b13-11-,17-16-. The quantitative estimate of drug-likeness (QED) is 0.0324. The van der Waals surface area contributed by atoms with E-state index in [1.807, 2.05) is 0 Å². The maximum Gasteiger partial charge on any atom is 0.305 e. The molecule has 0 aliphatic carbocycles. The summed E-state index contributed by atoms with van der Waals surface area (Å²) in [6.07, 6.45) is 52.8. The number of carbonyl (C=O) groups is 2. The fraction of sp³-hybridized carbons (Fsp3) is 0.880. The van der Waals surface area contributed by atoms with Gasteiger partial charge in [-0.1, -0.05) is 212 Å². The molecule has 0 aromatic carbocycles. The van der Waals surface area contributed by atoms with Crippen LogP contribution in [0.1, 0.15) is 258 Å². The van der Waals surface area contributed by atoms with Gasteiger partial charge in [0, 0.05) is 12.8 Å². The molecule has 0 heterocycles. The molecule has 0 spiro atoms. The third-order valence-electron chi connectivity index (χ3n) is 11.3. The number of rotatable bonds is 45. The van der Waals surface area contributed by atoms with Crippen LogP contribution in [0.5, 0.6) is 0 Å². The van der Waals surface area contributed by atoms with Crippen molar-refractivity contribution in [2.24, 2.45) is 0 Å². The molecule has 0 aliphatic heterocycles. The van der Waals surface area contributed by atoms with E-state index < -0.39 is 12.1 Å². The number of hydrogen-bond acceptors (Lipinski definition) is 5. The van der Waals surface area contributed by atoms with Gasteiger partial charge < -0.3 is 20.3 Å². The molecule has 2 atom stereocenters. The largest absolute Gasteiger partial charge is 0.466 e. The maximum absolute atomic E-state index is 12.4. The van der Waals surface area contributed by atoms with Crippen molar-refractivity contribution in [2.45, 2.75) is 270 Å². The summed E-state index contributed by atoms with van der Waals surface area (Å²) in [6, 6.07) is -0.551. The van der Waals surface area contributed by atoms with E-state index in [1.54, 1.807) is 0 Å². The van der Waals surface area contributed by atoms with Crippen LogP contribution in [0, 0.1) is 0 Å². The summed E-state index contributed by atoms with van der Waals surface area (Å²) in [4.78, 5) is 24.4. The Morgan fingerprint density at radius 1 is 0.500 bits per heavy atom. The summed E-state index contributed by atoms with van der Waals surface area (Å²) in [7, 11) is 0. The molecule has 0 aromatic heterocycles. The van der Waals surface area contributed by atoms with Crippen molar-refractivity contribution in [1.82, 2.24) is 5.32 Å². The van der Waals surface area contributed by atoms with Crippen LogP contribution in [-0.2, 0) is 14.3 Å². The SMILES string of the molecule is CCCCC/C=C\C/C=C\CCCCCCCCCC(=O)OCCCCCCCCCCCCCCC(=O)NC(CO)C(O)CCCCCCCCCCCC. The highest BCUT2D eigenvalue weighted by Gasteiger charge is 2.20. The average molecular weight is 790 g/mol. The minimum Gasteiger partial charge on any atom is -0.466 e. The Morgan fingerprint density at radius 3 is 1.39 bits per heavy atom. The molecule has 0 fully saturated rings. The van der Waals surface area contributed by atoms with Gasteiger partial charge in [0.1, 0.15) is 0 Å². The molecule has 1 amide bonds. The topological polar surface area (TPSA) is 95.9 Å². The molecule has 0 rings (SSSR count). The summed E-state index contributed by atoms with van der Waals surface area (Å²) in [5.74, 6) is -0.0708. The Bertz CT molecular complexity index is 874. The van der Waals surface area contributed by atoms with Crippen LogP contribution >= 0.6 is 0 Å². The van der Waals surface area contributed by atoms with E-state index >= 15 is 0 Å². The molecular weight excluding hydrogens is 695 g/mol. The molecule has 3 N–H and O–H groups in total. The number of allylic oxidation sites excluding steroid dienone is 4. The number of ether oxygens (including phenoxy) is 1. The van der Waals surface area contributed by atoms with Gasteiger partial charge in [-0.05, 0) is 57.8 Å². The number of esters is 1. The van der Waals surface area contributed by atoms with E-state index in [1.165, 1.54) is 161 Å². The first kappa shape index (κ1) is 54.3. The molecule has 56 heavy (non-hydrogen) atoms. The maximum atomic E-state index is 12.4. The van der Waals surface area contributed by atoms with E-state index in [4.69, 9.17) is 4.74 Å². The molecular formula is C50H95NO5. The molecule has 0 saturated heterocycles. The number of aliphatic hydroxyl groups is 2. The highest BCUT2D eigenvalue weighted by molar-refractivity contribution is 5.76. The third kappa shape index (κ3) is 42.0. The first-order chi connectivity index (χ1) is 27.5. The predicted octanol–water partition coefficient (Wildman–Crippen LogP) is 14.3. The average Bonchev–Trinajstić information content (AvgIpc) is 3.20. The summed E-state index contributed by atoms with van der Waals surface area (Å²) in [6.45, 7) is 4.87. The van der Waals surface area contributed by atoms with Crippen LogP contribution < -0.4 is 5.32 Å². The summed E-state index contributed by atoms with van der Waals surface area (Å²) in [5, 5.41) is 23.1. The van der Waals surface area contributed by atoms with Crippen molar-refractivity contribution >= 4 is 11.9 Å². The minimum absolute atomic E-state index is 0.0175. The number of hydrogen-bond donors (Lipinski definition) is 3. The van der Waals surface area contributed by atoms with E-state index in [2.05, 4.69) is 43.5 Å². The van der Waals surface area contributed by atoms with Gasteiger partial charge in [-0.2, -0.15) is 0 Å². The highest BCUT2D eigenvalue weighted by Crippen LogP contribution is 2.16. The van der Waals surface area contributed by atoms with E-state index in [0.717, 1.165) is 64.2 Å². The Kier molecular flexibility index (Phi) is 44.7. The van der Waals surface area contributed by atoms with E-state index in [9.17, 15) is 19.8 Å². The van der Waals surface area contributed by atoms with Crippen molar-refractivity contribution in [3.63, 3.8) is 0 Å². The highest BCUT2D eigenvalue weighted by atomic mass is 16.5. The van der Waals surface area contributed by atoms with Crippen molar-refractivity contribution in [3.8, 4) is 0 Å². The van der Waals surface area contributed by atoms with Crippen LogP contribution in [0.15, 0.2) is 24.3 Å². The lowest BCUT2D eigenvalue weighted by molar-refractivity contribution is -0.143. The lowest BCUT2D eigenvalue weighted by Crippen LogP contribution is -2.45. The van der Waals surface area contributed by atoms with Crippen molar-refractivity contribution < 1.29 is 24.5 Å². The zero-order valence-corrected chi connectivity index (χ0v) is 37.4. The van der Waals surface area contributed by atoms with Gasteiger partial charge in [0.2, 0.25) is 5.91 Å². The fourth-order valence-corrected chi connectivity index (χ4v) is 7.43. The molecule has 330 valence electrons. The summed E-state index contributed by atoms with van der Waals surface area (Å²) < 4.78 is 5.46. The molecule has 0 aromatic rings. The molecule has 0 saturated carbocycles. The fourth-order valence-electron chi connectivity index (χ4n) is 7.43. The van der Waals surface area contributed by atoms with Gasteiger partial charge in [-0.25, -0.2) is 0 Å². The van der Waals surface area contributed by atoms with Crippen LogP contribution in [0.25, 0.3) is 0 Å². The minimum atomic E-state index is -0.673. The molecule has 6 nitrogen and oxygen atoms in total. The van der Waals surface area contributed by atoms with Crippen LogP contribution in [-0.4, -0.2) is 47.4 Å². The Labute approximate surface area is 348 Å². The smallest absolute Gasteiger partial charge is 0.305 e. The molecule has 2 unspecified atom stereocenters. The van der Waals surface area contributed by atoms with Crippen molar-refractivity contribution in [2.75, 3.05) is 13.2 Å². The zero-order chi connectivity index (χ0) is 40.8. The van der Waals surface area contributed by atoms with E-state index in [0.29, 0.717) is 25.9 Å². The normalized spacial score (nSPS) is 12.9. The summed E-state index contributed by atoms with van der Waals surface area (Å²) >= 11 is 0. The number of nitrogens with one attached hydrogen (secondary N) is 1. The van der Waals surface area contributed by atoms with E-state index in [-0.39, 0.29) is 18.5 Å². The van der Waals surface area contributed by atoms with Crippen molar-refractivity contribution in [1.29, 1.82) is 0 Å². The van der Waals surface area contributed by atoms with Gasteiger partial charge in [0.05, 0.1) is 25.4 Å². The molecule has 0 aliphatic rings. The Hall–Kier alpha value is -1.66. The third-order valence-corrected chi connectivity index (χ3v) is 11.3. The van der Waals surface area contributed by atoms with Crippen LogP contribution in [0.2, 0.25) is 0 Å².